The van der Waals surface area contributed by atoms with Gasteiger partial charge in [-0.25, -0.2) is 0 Å². The number of hydrogen-bond donors (Lipinski definition) is 1. The number of rotatable bonds is 5. The Morgan fingerprint density at radius 2 is 1.91 bits per heavy atom. The monoisotopic (exact) mass is 318 g/mol. The number of aryl methyl sites for hydroxylation is 1. The zero-order valence-corrected chi connectivity index (χ0v) is 14.0. The van der Waals surface area contributed by atoms with E-state index in [1.807, 2.05) is 41.1 Å². The third-order valence-electron chi connectivity index (χ3n) is 4.60. The number of carboxylic acids is 1. The molecule has 1 N–H and O–H groups in total. The number of hydrogen-bond acceptors (Lipinski definition) is 3. The molecule has 5 heteroatoms. The van der Waals surface area contributed by atoms with Gasteiger partial charge in [-0.1, -0.05) is 19.1 Å². The first-order valence-electron chi connectivity index (χ1n) is 8.31. The van der Waals surface area contributed by atoms with E-state index in [4.69, 9.17) is 5.11 Å². The summed E-state index contributed by atoms with van der Waals surface area (Å²) in [6.45, 7) is 3.57. The zero-order valence-electron chi connectivity index (χ0n) is 14.0. The molecule has 1 aromatic carbocycles. The molecule has 0 spiro atoms. The van der Waals surface area contributed by atoms with Crippen molar-refractivity contribution in [2.24, 2.45) is 0 Å². The number of carbonyl (C=O) groups excluding carboxylic acids is 1. The molecule has 0 bridgehead atoms. The van der Waals surface area contributed by atoms with Crippen LogP contribution < -0.4 is 0 Å². The van der Waals surface area contributed by atoms with Crippen LogP contribution in [0.15, 0.2) is 24.3 Å². The molecule has 1 aliphatic heterocycles. The van der Waals surface area contributed by atoms with E-state index >= 15 is 0 Å². The molecule has 1 aromatic rings. The van der Waals surface area contributed by atoms with Crippen molar-refractivity contribution in [3.63, 3.8) is 0 Å². The minimum absolute atomic E-state index is 0.0527. The molecule has 1 unspecified atom stereocenters. The lowest BCUT2D eigenvalue weighted by Crippen LogP contribution is -2.37. The number of aliphatic carboxylic acids is 1. The molecule has 1 atom stereocenters. The second-order valence-corrected chi connectivity index (χ2v) is 6.24. The van der Waals surface area contributed by atoms with Crippen molar-refractivity contribution >= 4 is 11.9 Å². The van der Waals surface area contributed by atoms with Gasteiger partial charge in [-0.15, -0.1) is 0 Å². The van der Waals surface area contributed by atoms with Crippen molar-refractivity contribution in [2.75, 3.05) is 26.7 Å². The third kappa shape index (κ3) is 4.79. The highest BCUT2D eigenvalue weighted by Crippen LogP contribution is 2.18. The van der Waals surface area contributed by atoms with Crippen LogP contribution in [0.4, 0.5) is 0 Å². The maximum Gasteiger partial charge on any atom is 0.317 e. The summed E-state index contributed by atoms with van der Waals surface area (Å²) in [5, 5.41) is 8.91. The highest BCUT2D eigenvalue weighted by atomic mass is 16.4. The quantitative estimate of drug-likeness (QED) is 0.904. The van der Waals surface area contributed by atoms with Crippen LogP contribution in [0.3, 0.4) is 0 Å². The summed E-state index contributed by atoms with van der Waals surface area (Å²) >= 11 is 0. The van der Waals surface area contributed by atoms with Crippen LogP contribution in [0.2, 0.25) is 0 Å². The predicted octanol–water partition coefficient (Wildman–Crippen LogP) is 2.26. The fraction of sp³-hybridized carbons (Fsp3) is 0.556. The van der Waals surface area contributed by atoms with Gasteiger partial charge in [-0.05, 0) is 50.4 Å². The summed E-state index contributed by atoms with van der Waals surface area (Å²) in [6.07, 6.45) is 3.63. The SMILES string of the molecule is CCc1ccc(C(=O)N2CCCC(N(C)CC(=O)O)CC2)cc1. The van der Waals surface area contributed by atoms with Crippen LogP contribution in [0.5, 0.6) is 0 Å². The maximum absolute atomic E-state index is 12.6. The van der Waals surface area contributed by atoms with Crippen LogP contribution in [-0.4, -0.2) is 59.5 Å². The average molecular weight is 318 g/mol. The van der Waals surface area contributed by atoms with Crippen molar-refractivity contribution < 1.29 is 14.7 Å². The Balaban J connectivity index is 1.96. The summed E-state index contributed by atoms with van der Waals surface area (Å²) < 4.78 is 0. The van der Waals surface area contributed by atoms with Crippen LogP contribution in [0.25, 0.3) is 0 Å². The predicted molar refractivity (Wildman–Crippen MR) is 89.6 cm³/mol. The van der Waals surface area contributed by atoms with E-state index in [-0.39, 0.29) is 18.5 Å². The lowest BCUT2D eigenvalue weighted by atomic mass is 10.1. The van der Waals surface area contributed by atoms with E-state index in [1.165, 1.54) is 5.56 Å². The first-order chi connectivity index (χ1) is 11.0. The molecule has 126 valence electrons. The first kappa shape index (κ1) is 17.5. The van der Waals surface area contributed by atoms with Gasteiger partial charge in [0, 0.05) is 24.7 Å². The van der Waals surface area contributed by atoms with Crippen molar-refractivity contribution in [1.29, 1.82) is 0 Å². The summed E-state index contributed by atoms with van der Waals surface area (Å²) in [4.78, 5) is 27.2. The summed E-state index contributed by atoms with van der Waals surface area (Å²) in [6, 6.07) is 8.05. The topological polar surface area (TPSA) is 60.9 Å². The van der Waals surface area contributed by atoms with E-state index in [2.05, 4.69) is 6.92 Å². The normalized spacial score (nSPS) is 18.7. The van der Waals surface area contributed by atoms with Gasteiger partial charge in [-0.2, -0.15) is 0 Å². The second kappa shape index (κ2) is 8.11. The second-order valence-electron chi connectivity index (χ2n) is 6.24. The third-order valence-corrected chi connectivity index (χ3v) is 4.60. The first-order valence-corrected chi connectivity index (χ1v) is 8.31. The lowest BCUT2D eigenvalue weighted by Gasteiger charge is -2.25. The van der Waals surface area contributed by atoms with Crippen LogP contribution in [0.1, 0.15) is 42.1 Å². The van der Waals surface area contributed by atoms with Crippen molar-refractivity contribution in [1.82, 2.24) is 9.80 Å². The standard InChI is InChI=1S/C18H26N2O3/c1-3-14-6-8-15(9-7-14)18(23)20-11-4-5-16(10-12-20)19(2)13-17(21)22/h6-9,16H,3-5,10-13H2,1-2H3,(H,21,22). The van der Waals surface area contributed by atoms with Crippen molar-refractivity contribution in [2.45, 2.75) is 38.6 Å². The Kier molecular flexibility index (Phi) is 6.16. The minimum Gasteiger partial charge on any atom is -0.480 e. The van der Waals surface area contributed by atoms with E-state index < -0.39 is 5.97 Å². The Morgan fingerprint density at radius 1 is 1.22 bits per heavy atom. The van der Waals surface area contributed by atoms with Gasteiger partial charge in [0.25, 0.3) is 5.91 Å². The summed E-state index contributed by atoms with van der Waals surface area (Å²) in [5.74, 6) is -0.727. The fourth-order valence-electron chi connectivity index (χ4n) is 3.13. The Morgan fingerprint density at radius 3 is 2.52 bits per heavy atom. The van der Waals surface area contributed by atoms with Crippen molar-refractivity contribution in [3.8, 4) is 0 Å². The van der Waals surface area contributed by atoms with Gasteiger partial charge in [-0.3, -0.25) is 14.5 Å². The van der Waals surface area contributed by atoms with Gasteiger partial charge >= 0.3 is 5.97 Å². The number of likely N-dealkylation sites (tertiary alicyclic amines) is 1. The van der Waals surface area contributed by atoms with Crippen LogP contribution in [0, 0.1) is 0 Å². The molecule has 2 rings (SSSR count). The summed E-state index contributed by atoms with van der Waals surface area (Å²) in [5.41, 5.74) is 1.97. The zero-order chi connectivity index (χ0) is 16.8. The number of likely N-dealkylation sites (N-methyl/N-ethyl adjacent to an activating group) is 1. The number of amides is 1. The molecule has 1 aliphatic rings. The van der Waals surface area contributed by atoms with Gasteiger partial charge in [0.2, 0.25) is 0 Å². The Hall–Kier alpha value is -1.88. The van der Waals surface area contributed by atoms with Gasteiger partial charge in [0.15, 0.2) is 0 Å². The smallest absolute Gasteiger partial charge is 0.317 e. The lowest BCUT2D eigenvalue weighted by molar-refractivity contribution is -0.138. The number of nitrogens with zero attached hydrogens (tertiary/aromatic N) is 2. The minimum atomic E-state index is -0.805. The molecule has 23 heavy (non-hydrogen) atoms. The molecule has 0 aromatic heterocycles. The van der Waals surface area contributed by atoms with E-state index in [9.17, 15) is 9.59 Å². The van der Waals surface area contributed by atoms with E-state index in [0.717, 1.165) is 37.8 Å². The Labute approximate surface area is 137 Å². The summed E-state index contributed by atoms with van der Waals surface area (Å²) in [7, 11) is 1.85. The molecule has 1 fully saturated rings. The molecule has 0 aliphatic carbocycles. The molecular weight excluding hydrogens is 292 g/mol. The molecule has 0 radical (unpaired) electrons. The van der Waals surface area contributed by atoms with Crippen LogP contribution in [-0.2, 0) is 11.2 Å². The average Bonchev–Trinajstić information content (AvgIpc) is 2.80. The van der Waals surface area contributed by atoms with Crippen molar-refractivity contribution in [3.05, 3.63) is 35.4 Å². The van der Waals surface area contributed by atoms with E-state index in [0.29, 0.717) is 6.54 Å². The molecule has 1 amide bonds. The molecular formula is C18H26N2O3. The number of carbonyl (C=O) groups is 2. The van der Waals surface area contributed by atoms with E-state index in [1.54, 1.807) is 0 Å². The highest BCUT2D eigenvalue weighted by molar-refractivity contribution is 5.94. The largest absolute Gasteiger partial charge is 0.480 e. The molecule has 5 nitrogen and oxygen atoms in total. The highest BCUT2D eigenvalue weighted by Gasteiger charge is 2.24. The van der Waals surface area contributed by atoms with Gasteiger partial charge < -0.3 is 10.0 Å². The van der Waals surface area contributed by atoms with Crippen LogP contribution >= 0.6 is 0 Å². The molecule has 1 saturated heterocycles. The number of benzene rings is 1. The Bertz CT molecular complexity index is 542. The van der Waals surface area contributed by atoms with Gasteiger partial charge in [0.05, 0.1) is 6.54 Å². The fourth-order valence-corrected chi connectivity index (χ4v) is 3.13. The maximum atomic E-state index is 12.6. The molecule has 1 heterocycles. The molecule has 0 saturated carbocycles. The van der Waals surface area contributed by atoms with Gasteiger partial charge in [0.1, 0.15) is 0 Å². The number of carboxylic acid groups (broad SMARTS) is 1.